The number of carbonyl (C=O) groups excluding carboxylic acids is 2. The third kappa shape index (κ3) is 2.41. The first-order valence-electron chi connectivity index (χ1n) is 5.48. The molecule has 0 radical (unpaired) electrons. The van der Waals surface area contributed by atoms with Crippen LogP contribution in [0.3, 0.4) is 0 Å². The fourth-order valence-electron chi connectivity index (χ4n) is 1.85. The van der Waals surface area contributed by atoms with Crippen molar-refractivity contribution in [2.75, 3.05) is 33.3 Å². The molecule has 17 heavy (non-hydrogen) atoms. The van der Waals surface area contributed by atoms with Crippen molar-refractivity contribution in [1.82, 2.24) is 14.8 Å². The number of nitrogens with one attached hydrogen (secondary N) is 1. The van der Waals surface area contributed by atoms with Crippen LogP contribution in [0.25, 0.3) is 0 Å². The zero-order valence-electron chi connectivity index (χ0n) is 9.68. The normalized spacial score (nSPS) is 15.8. The number of aromatic amines is 1. The first kappa shape index (κ1) is 11.5. The minimum Gasteiger partial charge on any atom is -0.453 e. The van der Waals surface area contributed by atoms with Crippen LogP contribution in [0.1, 0.15) is 10.5 Å². The molecule has 92 valence electrons. The van der Waals surface area contributed by atoms with Gasteiger partial charge in [-0.1, -0.05) is 0 Å². The molecule has 1 aliphatic heterocycles. The summed E-state index contributed by atoms with van der Waals surface area (Å²) in [6.45, 7) is 2.10. The number of hydrogen-bond donors (Lipinski definition) is 1. The van der Waals surface area contributed by atoms with Crippen LogP contribution in [0, 0.1) is 0 Å². The van der Waals surface area contributed by atoms with E-state index in [9.17, 15) is 9.59 Å². The third-order valence-corrected chi connectivity index (χ3v) is 2.83. The molecule has 1 saturated heterocycles. The molecule has 0 aromatic carbocycles. The molecule has 1 aromatic rings. The number of H-pyrrole nitrogens is 1. The van der Waals surface area contributed by atoms with E-state index in [-0.39, 0.29) is 12.0 Å². The number of piperazine rings is 1. The molecule has 0 spiro atoms. The number of methoxy groups -OCH3 is 1. The summed E-state index contributed by atoms with van der Waals surface area (Å²) < 4.78 is 4.64. The number of aromatic nitrogens is 1. The lowest BCUT2D eigenvalue weighted by Crippen LogP contribution is -2.50. The summed E-state index contributed by atoms with van der Waals surface area (Å²) >= 11 is 0. The molecule has 2 heterocycles. The molecule has 2 amide bonds. The first-order valence-corrected chi connectivity index (χ1v) is 5.48. The Bertz CT molecular complexity index is 394. The van der Waals surface area contributed by atoms with E-state index in [1.54, 1.807) is 28.1 Å². The zero-order chi connectivity index (χ0) is 12.3. The van der Waals surface area contributed by atoms with Gasteiger partial charge in [0.25, 0.3) is 5.91 Å². The highest BCUT2D eigenvalue weighted by atomic mass is 16.5. The lowest BCUT2D eigenvalue weighted by atomic mass is 10.3. The predicted molar refractivity (Wildman–Crippen MR) is 60.7 cm³/mol. The molecular formula is C11H15N3O3. The molecule has 0 saturated carbocycles. The second-order valence-corrected chi connectivity index (χ2v) is 3.83. The second-order valence-electron chi connectivity index (χ2n) is 3.83. The van der Waals surface area contributed by atoms with E-state index < -0.39 is 0 Å². The molecule has 1 aliphatic rings. The second kappa shape index (κ2) is 4.90. The SMILES string of the molecule is COC(=O)N1CCN(C(=O)c2ccc[nH]2)CC1. The van der Waals surface area contributed by atoms with Crippen LogP contribution < -0.4 is 0 Å². The number of nitrogens with zero attached hydrogens (tertiary/aromatic N) is 2. The van der Waals surface area contributed by atoms with Gasteiger partial charge >= 0.3 is 6.09 Å². The molecule has 1 aromatic heterocycles. The van der Waals surface area contributed by atoms with Gasteiger partial charge in [-0.2, -0.15) is 0 Å². The van der Waals surface area contributed by atoms with Crippen LogP contribution in [0.2, 0.25) is 0 Å². The summed E-state index contributed by atoms with van der Waals surface area (Å²) in [6.07, 6.45) is 1.38. The third-order valence-electron chi connectivity index (χ3n) is 2.83. The minimum atomic E-state index is -0.336. The lowest BCUT2D eigenvalue weighted by molar-refractivity contribution is 0.0595. The quantitative estimate of drug-likeness (QED) is 0.775. The molecule has 2 rings (SSSR count). The average molecular weight is 237 g/mol. The molecule has 0 aliphatic carbocycles. The Labute approximate surface area is 99.1 Å². The number of carbonyl (C=O) groups is 2. The number of amides is 2. The average Bonchev–Trinajstić information content (AvgIpc) is 2.91. The first-order chi connectivity index (χ1) is 8.22. The number of ether oxygens (including phenoxy) is 1. The largest absolute Gasteiger partial charge is 0.453 e. The van der Waals surface area contributed by atoms with E-state index in [0.29, 0.717) is 31.9 Å². The summed E-state index contributed by atoms with van der Waals surface area (Å²) in [4.78, 5) is 29.4. The Morgan fingerprint density at radius 1 is 1.24 bits per heavy atom. The monoisotopic (exact) mass is 237 g/mol. The van der Waals surface area contributed by atoms with Gasteiger partial charge in [-0.15, -0.1) is 0 Å². The van der Waals surface area contributed by atoms with E-state index in [1.165, 1.54) is 7.11 Å². The van der Waals surface area contributed by atoms with Crippen LogP contribution >= 0.6 is 0 Å². The van der Waals surface area contributed by atoms with Crippen LogP contribution in [0.4, 0.5) is 4.79 Å². The van der Waals surface area contributed by atoms with E-state index in [2.05, 4.69) is 9.72 Å². The lowest BCUT2D eigenvalue weighted by Gasteiger charge is -2.33. The summed E-state index contributed by atoms with van der Waals surface area (Å²) in [5.41, 5.74) is 0.580. The Hall–Kier alpha value is -1.98. The Morgan fingerprint density at radius 2 is 1.88 bits per heavy atom. The molecule has 6 heteroatoms. The van der Waals surface area contributed by atoms with Crippen molar-refractivity contribution in [3.8, 4) is 0 Å². The van der Waals surface area contributed by atoms with E-state index in [0.717, 1.165) is 0 Å². The smallest absolute Gasteiger partial charge is 0.409 e. The van der Waals surface area contributed by atoms with Gasteiger partial charge in [0.15, 0.2) is 0 Å². The van der Waals surface area contributed by atoms with E-state index >= 15 is 0 Å². The van der Waals surface area contributed by atoms with Crippen molar-refractivity contribution in [3.05, 3.63) is 24.0 Å². The van der Waals surface area contributed by atoms with Crippen molar-refractivity contribution < 1.29 is 14.3 Å². The van der Waals surface area contributed by atoms with Crippen LogP contribution in [-0.2, 0) is 4.74 Å². The molecular weight excluding hydrogens is 222 g/mol. The fraction of sp³-hybridized carbons (Fsp3) is 0.455. The van der Waals surface area contributed by atoms with E-state index in [1.807, 2.05) is 0 Å². The van der Waals surface area contributed by atoms with Crippen LogP contribution in [0.5, 0.6) is 0 Å². The maximum atomic E-state index is 12.0. The van der Waals surface area contributed by atoms with Gasteiger partial charge in [-0.05, 0) is 12.1 Å². The van der Waals surface area contributed by atoms with Gasteiger partial charge < -0.3 is 19.5 Å². The predicted octanol–water partition coefficient (Wildman–Crippen LogP) is 0.539. The highest BCUT2D eigenvalue weighted by Crippen LogP contribution is 2.07. The molecule has 0 unspecified atom stereocenters. The fourth-order valence-corrected chi connectivity index (χ4v) is 1.85. The van der Waals surface area contributed by atoms with Crippen molar-refractivity contribution >= 4 is 12.0 Å². The van der Waals surface area contributed by atoms with Gasteiger partial charge in [-0.3, -0.25) is 4.79 Å². The van der Waals surface area contributed by atoms with Crippen molar-refractivity contribution in [1.29, 1.82) is 0 Å². The Kier molecular flexibility index (Phi) is 3.32. The van der Waals surface area contributed by atoms with Gasteiger partial charge in [-0.25, -0.2) is 4.79 Å². The van der Waals surface area contributed by atoms with Gasteiger partial charge in [0.1, 0.15) is 5.69 Å². The van der Waals surface area contributed by atoms with Crippen molar-refractivity contribution in [3.63, 3.8) is 0 Å². The Balaban J connectivity index is 1.91. The van der Waals surface area contributed by atoms with E-state index in [4.69, 9.17) is 0 Å². The highest BCUT2D eigenvalue weighted by Gasteiger charge is 2.25. The van der Waals surface area contributed by atoms with Crippen LogP contribution in [-0.4, -0.2) is 60.1 Å². The number of rotatable bonds is 1. The molecule has 0 bridgehead atoms. The molecule has 6 nitrogen and oxygen atoms in total. The minimum absolute atomic E-state index is 0.0282. The van der Waals surface area contributed by atoms with Gasteiger partial charge in [0.05, 0.1) is 7.11 Å². The standard InChI is InChI=1S/C11H15N3O3/c1-17-11(16)14-7-5-13(6-8-14)10(15)9-3-2-4-12-9/h2-4,12H,5-8H2,1H3. The maximum Gasteiger partial charge on any atom is 0.409 e. The summed E-state index contributed by atoms with van der Waals surface area (Å²) in [6, 6.07) is 3.53. The molecule has 0 atom stereocenters. The van der Waals surface area contributed by atoms with Gasteiger partial charge in [0.2, 0.25) is 0 Å². The Morgan fingerprint density at radius 3 is 2.41 bits per heavy atom. The molecule has 1 N–H and O–H groups in total. The summed E-state index contributed by atoms with van der Waals surface area (Å²) in [5.74, 6) is -0.0282. The topological polar surface area (TPSA) is 65.6 Å². The van der Waals surface area contributed by atoms with Crippen molar-refractivity contribution in [2.24, 2.45) is 0 Å². The summed E-state index contributed by atoms with van der Waals surface area (Å²) in [7, 11) is 1.36. The van der Waals surface area contributed by atoms with Crippen LogP contribution in [0.15, 0.2) is 18.3 Å². The van der Waals surface area contributed by atoms with Crippen molar-refractivity contribution in [2.45, 2.75) is 0 Å². The zero-order valence-corrected chi connectivity index (χ0v) is 9.68. The highest BCUT2D eigenvalue weighted by molar-refractivity contribution is 5.92. The maximum absolute atomic E-state index is 12.0. The summed E-state index contributed by atoms with van der Waals surface area (Å²) in [5, 5.41) is 0. The molecule has 1 fully saturated rings. The number of hydrogen-bond acceptors (Lipinski definition) is 3. The van der Waals surface area contributed by atoms with Gasteiger partial charge in [0, 0.05) is 32.4 Å².